The standard InChI is InChI=1S/C11H14N2O3/c1-13-3-2-7(6-13)5-12-10(14)8-4-9(8)11(15)16/h2-3,6,8-9H,4-5H2,1H3,(H,12,14)(H,15,16). The van der Waals surface area contributed by atoms with Crippen molar-refractivity contribution in [3.8, 4) is 0 Å². The van der Waals surface area contributed by atoms with E-state index in [1.165, 1.54) is 0 Å². The van der Waals surface area contributed by atoms with Gasteiger partial charge in [-0.1, -0.05) is 0 Å². The highest BCUT2D eigenvalue weighted by Gasteiger charge is 2.48. The number of aromatic nitrogens is 1. The molecule has 0 spiro atoms. The third-order valence-electron chi connectivity index (χ3n) is 2.80. The van der Waals surface area contributed by atoms with Gasteiger partial charge in [0, 0.05) is 26.0 Å². The number of carbonyl (C=O) groups excluding carboxylic acids is 1. The molecule has 0 radical (unpaired) electrons. The Morgan fingerprint density at radius 1 is 1.56 bits per heavy atom. The Bertz CT molecular complexity index is 425. The summed E-state index contributed by atoms with van der Waals surface area (Å²) in [5, 5.41) is 11.4. The van der Waals surface area contributed by atoms with Crippen molar-refractivity contribution < 1.29 is 14.7 Å². The summed E-state index contributed by atoms with van der Waals surface area (Å²) in [6.07, 6.45) is 4.29. The van der Waals surface area contributed by atoms with Gasteiger partial charge in [0.1, 0.15) is 0 Å². The maximum atomic E-state index is 11.5. The number of nitrogens with one attached hydrogen (secondary N) is 1. The van der Waals surface area contributed by atoms with E-state index in [0.717, 1.165) is 5.56 Å². The SMILES string of the molecule is Cn1ccc(CNC(=O)C2CC2C(=O)O)c1. The molecule has 0 bridgehead atoms. The topological polar surface area (TPSA) is 71.3 Å². The van der Waals surface area contributed by atoms with Gasteiger partial charge in [0.15, 0.2) is 0 Å². The van der Waals surface area contributed by atoms with Crippen LogP contribution in [0.1, 0.15) is 12.0 Å². The van der Waals surface area contributed by atoms with Crippen molar-refractivity contribution >= 4 is 11.9 Å². The molecule has 16 heavy (non-hydrogen) atoms. The number of rotatable bonds is 4. The molecule has 2 atom stereocenters. The van der Waals surface area contributed by atoms with E-state index in [1.807, 2.05) is 30.1 Å². The molecule has 2 unspecified atom stereocenters. The Morgan fingerprint density at radius 3 is 2.81 bits per heavy atom. The monoisotopic (exact) mass is 222 g/mol. The third kappa shape index (κ3) is 2.24. The summed E-state index contributed by atoms with van der Waals surface area (Å²) < 4.78 is 1.90. The number of hydrogen-bond donors (Lipinski definition) is 2. The number of amides is 1. The molecular formula is C11H14N2O3. The van der Waals surface area contributed by atoms with Crippen LogP contribution in [0.4, 0.5) is 0 Å². The molecule has 2 N–H and O–H groups in total. The summed E-state index contributed by atoms with van der Waals surface area (Å²) >= 11 is 0. The number of carboxylic acids is 1. The molecule has 1 aromatic heterocycles. The number of aliphatic carboxylic acids is 1. The second-order valence-corrected chi connectivity index (χ2v) is 4.19. The summed E-state index contributed by atoms with van der Waals surface area (Å²) in [5.74, 6) is -1.84. The second-order valence-electron chi connectivity index (χ2n) is 4.19. The molecule has 1 aliphatic carbocycles. The summed E-state index contributed by atoms with van der Waals surface area (Å²) in [6, 6.07) is 1.92. The van der Waals surface area contributed by atoms with Crippen LogP contribution in [0.2, 0.25) is 0 Å². The lowest BCUT2D eigenvalue weighted by Crippen LogP contribution is -2.25. The van der Waals surface area contributed by atoms with Crippen LogP contribution in [0.3, 0.4) is 0 Å². The van der Waals surface area contributed by atoms with E-state index >= 15 is 0 Å². The zero-order valence-corrected chi connectivity index (χ0v) is 9.01. The molecule has 0 saturated heterocycles. The van der Waals surface area contributed by atoms with E-state index in [-0.39, 0.29) is 11.8 Å². The van der Waals surface area contributed by atoms with Gasteiger partial charge in [0.25, 0.3) is 0 Å². The molecule has 1 aliphatic rings. The first-order valence-electron chi connectivity index (χ1n) is 5.19. The molecule has 1 heterocycles. The molecule has 86 valence electrons. The number of aryl methyl sites for hydroxylation is 1. The summed E-state index contributed by atoms with van der Waals surface area (Å²) in [5.41, 5.74) is 1.02. The van der Waals surface area contributed by atoms with Crippen molar-refractivity contribution in [2.24, 2.45) is 18.9 Å². The first-order chi connectivity index (χ1) is 7.58. The predicted octanol–water partition coefficient (Wildman–Crippen LogP) is 0.362. The predicted molar refractivity (Wildman–Crippen MR) is 56.5 cm³/mol. The Balaban J connectivity index is 1.79. The normalized spacial score (nSPS) is 22.8. The van der Waals surface area contributed by atoms with Crippen LogP contribution >= 0.6 is 0 Å². The highest BCUT2D eigenvalue weighted by Crippen LogP contribution is 2.38. The zero-order valence-electron chi connectivity index (χ0n) is 9.01. The third-order valence-corrected chi connectivity index (χ3v) is 2.80. The molecule has 1 fully saturated rings. The van der Waals surface area contributed by atoms with Crippen LogP contribution in [-0.4, -0.2) is 21.6 Å². The summed E-state index contributed by atoms with van der Waals surface area (Å²) in [6.45, 7) is 0.461. The van der Waals surface area contributed by atoms with E-state index in [4.69, 9.17) is 5.11 Å². The minimum Gasteiger partial charge on any atom is -0.481 e. The van der Waals surface area contributed by atoms with E-state index < -0.39 is 11.9 Å². The molecule has 0 aromatic carbocycles. The van der Waals surface area contributed by atoms with Crippen molar-refractivity contribution in [1.29, 1.82) is 0 Å². The van der Waals surface area contributed by atoms with E-state index in [9.17, 15) is 9.59 Å². The Hall–Kier alpha value is -1.78. The van der Waals surface area contributed by atoms with Crippen molar-refractivity contribution in [2.45, 2.75) is 13.0 Å². The molecule has 1 amide bonds. The van der Waals surface area contributed by atoms with Gasteiger partial charge in [-0.05, 0) is 18.1 Å². The van der Waals surface area contributed by atoms with Crippen molar-refractivity contribution in [2.75, 3.05) is 0 Å². The van der Waals surface area contributed by atoms with Gasteiger partial charge in [-0.25, -0.2) is 0 Å². The average Bonchev–Trinajstić information content (AvgIpc) is 2.93. The number of carboxylic acid groups (broad SMARTS) is 1. The van der Waals surface area contributed by atoms with E-state index in [1.54, 1.807) is 0 Å². The van der Waals surface area contributed by atoms with Gasteiger partial charge in [-0.2, -0.15) is 0 Å². The molecule has 0 aliphatic heterocycles. The lowest BCUT2D eigenvalue weighted by atomic mass is 10.3. The summed E-state index contributed by atoms with van der Waals surface area (Å²) in [4.78, 5) is 22.1. The van der Waals surface area contributed by atoms with Crippen molar-refractivity contribution in [3.63, 3.8) is 0 Å². The van der Waals surface area contributed by atoms with Crippen LogP contribution in [0.25, 0.3) is 0 Å². The fourth-order valence-electron chi connectivity index (χ4n) is 1.74. The fourth-order valence-corrected chi connectivity index (χ4v) is 1.74. The second kappa shape index (κ2) is 4.00. The van der Waals surface area contributed by atoms with Gasteiger partial charge in [0.05, 0.1) is 11.8 Å². The fraction of sp³-hybridized carbons (Fsp3) is 0.455. The molecule has 5 heteroatoms. The molecule has 2 rings (SSSR count). The van der Waals surface area contributed by atoms with Crippen LogP contribution < -0.4 is 5.32 Å². The first kappa shape index (κ1) is 10.7. The van der Waals surface area contributed by atoms with Crippen LogP contribution in [0.5, 0.6) is 0 Å². The van der Waals surface area contributed by atoms with Crippen LogP contribution in [-0.2, 0) is 23.2 Å². The van der Waals surface area contributed by atoms with Gasteiger partial charge in [0.2, 0.25) is 5.91 Å². The van der Waals surface area contributed by atoms with Gasteiger partial charge in [-0.3, -0.25) is 9.59 Å². The molecule has 1 aromatic rings. The summed E-state index contributed by atoms with van der Waals surface area (Å²) in [7, 11) is 1.91. The minimum atomic E-state index is -0.875. The van der Waals surface area contributed by atoms with Crippen molar-refractivity contribution in [3.05, 3.63) is 24.0 Å². The highest BCUT2D eigenvalue weighted by atomic mass is 16.4. The minimum absolute atomic E-state index is 0.156. The molecule has 5 nitrogen and oxygen atoms in total. The first-order valence-corrected chi connectivity index (χ1v) is 5.19. The molecule has 1 saturated carbocycles. The molecular weight excluding hydrogens is 208 g/mol. The van der Waals surface area contributed by atoms with Crippen LogP contribution in [0.15, 0.2) is 18.5 Å². The lowest BCUT2D eigenvalue weighted by Gasteiger charge is -2.02. The zero-order chi connectivity index (χ0) is 11.7. The quantitative estimate of drug-likeness (QED) is 0.772. The maximum absolute atomic E-state index is 11.5. The smallest absolute Gasteiger partial charge is 0.307 e. The van der Waals surface area contributed by atoms with E-state index in [2.05, 4.69) is 5.32 Å². The number of hydrogen-bond acceptors (Lipinski definition) is 2. The largest absolute Gasteiger partial charge is 0.481 e. The van der Waals surface area contributed by atoms with Crippen LogP contribution in [0, 0.1) is 11.8 Å². The van der Waals surface area contributed by atoms with Crippen molar-refractivity contribution in [1.82, 2.24) is 9.88 Å². The number of nitrogens with zero attached hydrogens (tertiary/aromatic N) is 1. The maximum Gasteiger partial charge on any atom is 0.307 e. The highest BCUT2D eigenvalue weighted by molar-refractivity contribution is 5.89. The average molecular weight is 222 g/mol. The van der Waals surface area contributed by atoms with Gasteiger partial charge < -0.3 is 15.0 Å². The Kier molecular flexibility index (Phi) is 2.68. The lowest BCUT2D eigenvalue weighted by molar-refractivity contribution is -0.140. The van der Waals surface area contributed by atoms with Gasteiger partial charge in [-0.15, -0.1) is 0 Å². The Morgan fingerprint density at radius 2 is 2.31 bits per heavy atom. The Labute approximate surface area is 93.1 Å². The van der Waals surface area contributed by atoms with Gasteiger partial charge >= 0.3 is 5.97 Å². The van der Waals surface area contributed by atoms with E-state index in [0.29, 0.717) is 13.0 Å². The number of carbonyl (C=O) groups is 2.